The lowest BCUT2D eigenvalue weighted by molar-refractivity contribution is -0.384. The summed E-state index contributed by atoms with van der Waals surface area (Å²) in [6.07, 6.45) is 3.06. The van der Waals surface area contributed by atoms with Crippen LogP contribution in [0.4, 0.5) is 5.69 Å². The zero-order chi connectivity index (χ0) is 15.4. The summed E-state index contributed by atoms with van der Waals surface area (Å²) in [5, 5.41) is 24.4. The Balaban J connectivity index is 1.86. The Morgan fingerprint density at radius 1 is 1.27 bits per heavy atom. The fourth-order valence-corrected chi connectivity index (χ4v) is 3.80. The smallest absolute Gasteiger partial charge is 0.356 e. The Labute approximate surface area is 125 Å². The van der Waals surface area contributed by atoms with Crippen molar-refractivity contribution in [2.24, 2.45) is 0 Å². The lowest BCUT2D eigenvalue weighted by Gasteiger charge is -2.13. The highest BCUT2D eigenvalue weighted by Crippen LogP contribution is 2.54. The molecule has 1 saturated carbocycles. The van der Waals surface area contributed by atoms with E-state index in [-0.39, 0.29) is 17.3 Å². The summed E-state index contributed by atoms with van der Waals surface area (Å²) in [6, 6.07) is 6.06. The Morgan fingerprint density at radius 3 is 2.59 bits per heavy atom. The molecular weight excluding hydrogens is 286 g/mol. The third-order valence-electron chi connectivity index (χ3n) is 4.69. The molecule has 2 unspecified atom stereocenters. The molecule has 0 radical (unpaired) electrons. The van der Waals surface area contributed by atoms with Crippen LogP contribution in [-0.2, 0) is 0 Å². The number of benzene rings is 1. The number of aromatic carboxylic acids is 1. The van der Waals surface area contributed by atoms with E-state index >= 15 is 0 Å². The van der Waals surface area contributed by atoms with E-state index < -0.39 is 10.9 Å². The SMILES string of the molecule is O=C(O)c1nn(-c2ccc([N+](=O)[O-])cc2)c2c1C1CCC2C1. The van der Waals surface area contributed by atoms with E-state index in [1.165, 1.54) is 12.1 Å². The number of carbonyl (C=O) groups is 1. The minimum Gasteiger partial charge on any atom is -0.476 e. The molecule has 1 heterocycles. The van der Waals surface area contributed by atoms with Gasteiger partial charge in [-0.1, -0.05) is 0 Å². The van der Waals surface area contributed by atoms with Gasteiger partial charge >= 0.3 is 5.97 Å². The molecule has 1 aromatic heterocycles. The van der Waals surface area contributed by atoms with Gasteiger partial charge in [-0.3, -0.25) is 10.1 Å². The van der Waals surface area contributed by atoms with Gasteiger partial charge in [-0.05, 0) is 37.3 Å². The number of carboxylic acid groups (broad SMARTS) is 1. The van der Waals surface area contributed by atoms with Gasteiger partial charge in [0.2, 0.25) is 0 Å². The van der Waals surface area contributed by atoms with Crippen molar-refractivity contribution in [1.29, 1.82) is 0 Å². The van der Waals surface area contributed by atoms with Crippen LogP contribution < -0.4 is 0 Å². The Morgan fingerprint density at radius 2 is 1.95 bits per heavy atom. The number of carboxylic acids is 1. The first-order chi connectivity index (χ1) is 10.6. The van der Waals surface area contributed by atoms with Gasteiger partial charge in [0.1, 0.15) is 0 Å². The van der Waals surface area contributed by atoms with Gasteiger partial charge < -0.3 is 5.11 Å². The van der Waals surface area contributed by atoms with E-state index in [1.54, 1.807) is 16.8 Å². The van der Waals surface area contributed by atoms with Crippen molar-refractivity contribution >= 4 is 11.7 Å². The first kappa shape index (κ1) is 13.0. The van der Waals surface area contributed by atoms with Crippen LogP contribution in [-0.4, -0.2) is 25.8 Å². The molecule has 0 aliphatic heterocycles. The molecule has 2 aliphatic carbocycles. The summed E-state index contributed by atoms with van der Waals surface area (Å²) < 4.78 is 1.66. The summed E-state index contributed by atoms with van der Waals surface area (Å²) in [5.74, 6) is -0.377. The number of nitrogens with zero attached hydrogens (tertiary/aromatic N) is 3. The molecule has 0 saturated heterocycles. The number of hydrogen-bond donors (Lipinski definition) is 1. The Bertz CT molecular complexity index is 794. The fourth-order valence-electron chi connectivity index (χ4n) is 3.80. The van der Waals surface area contributed by atoms with Crippen LogP contribution in [0.2, 0.25) is 0 Å². The zero-order valence-corrected chi connectivity index (χ0v) is 11.6. The van der Waals surface area contributed by atoms with Gasteiger partial charge in [-0.15, -0.1) is 0 Å². The van der Waals surface area contributed by atoms with E-state index in [0.717, 1.165) is 30.5 Å². The average Bonchev–Trinajstić information content (AvgIpc) is 3.19. The number of hydrogen-bond acceptors (Lipinski definition) is 4. The van der Waals surface area contributed by atoms with Crippen molar-refractivity contribution in [2.45, 2.75) is 31.1 Å². The molecule has 7 nitrogen and oxygen atoms in total. The highest BCUT2D eigenvalue weighted by Gasteiger charge is 2.44. The average molecular weight is 299 g/mol. The number of rotatable bonds is 3. The minimum absolute atomic E-state index is 0.00697. The Kier molecular flexibility index (Phi) is 2.60. The minimum atomic E-state index is -1.01. The highest BCUT2D eigenvalue weighted by atomic mass is 16.6. The van der Waals surface area contributed by atoms with Gasteiger partial charge in [-0.25, -0.2) is 9.48 Å². The van der Waals surface area contributed by atoms with Crippen LogP contribution in [0.1, 0.15) is 52.8 Å². The lowest BCUT2D eigenvalue weighted by atomic mass is 9.95. The van der Waals surface area contributed by atoms with Crippen molar-refractivity contribution < 1.29 is 14.8 Å². The van der Waals surface area contributed by atoms with Crippen LogP contribution in [0.3, 0.4) is 0 Å². The molecule has 2 aromatic rings. The second-order valence-electron chi connectivity index (χ2n) is 5.84. The molecule has 2 aliphatic rings. The first-order valence-corrected chi connectivity index (χ1v) is 7.17. The predicted molar refractivity (Wildman–Crippen MR) is 76.5 cm³/mol. The van der Waals surface area contributed by atoms with Crippen LogP contribution in [0, 0.1) is 10.1 Å². The molecule has 2 bridgehead atoms. The number of non-ortho nitro benzene ring substituents is 1. The van der Waals surface area contributed by atoms with E-state index in [0.29, 0.717) is 11.6 Å². The van der Waals surface area contributed by atoms with Gasteiger partial charge in [0, 0.05) is 23.6 Å². The van der Waals surface area contributed by atoms with Gasteiger partial charge in [0.25, 0.3) is 5.69 Å². The van der Waals surface area contributed by atoms with Crippen molar-refractivity contribution in [2.75, 3.05) is 0 Å². The van der Waals surface area contributed by atoms with Crippen LogP contribution in [0.5, 0.6) is 0 Å². The van der Waals surface area contributed by atoms with Gasteiger partial charge in [-0.2, -0.15) is 5.10 Å². The molecule has 1 fully saturated rings. The van der Waals surface area contributed by atoms with E-state index in [4.69, 9.17) is 0 Å². The van der Waals surface area contributed by atoms with E-state index in [2.05, 4.69) is 5.10 Å². The quantitative estimate of drug-likeness (QED) is 0.694. The topological polar surface area (TPSA) is 98.3 Å². The van der Waals surface area contributed by atoms with Gasteiger partial charge in [0.15, 0.2) is 5.69 Å². The molecule has 1 aromatic carbocycles. The molecule has 1 N–H and O–H groups in total. The molecular formula is C15H13N3O4. The molecule has 112 valence electrons. The van der Waals surface area contributed by atoms with Crippen LogP contribution in [0.15, 0.2) is 24.3 Å². The molecule has 0 spiro atoms. The number of nitro groups is 1. The number of nitro benzene ring substituents is 1. The van der Waals surface area contributed by atoms with Crippen molar-refractivity contribution in [3.8, 4) is 5.69 Å². The van der Waals surface area contributed by atoms with E-state index in [9.17, 15) is 20.0 Å². The van der Waals surface area contributed by atoms with Gasteiger partial charge in [0.05, 0.1) is 16.3 Å². The second-order valence-corrected chi connectivity index (χ2v) is 5.84. The maximum absolute atomic E-state index is 11.5. The van der Waals surface area contributed by atoms with E-state index in [1.807, 2.05) is 0 Å². The second kappa shape index (κ2) is 4.40. The fraction of sp³-hybridized carbons (Fsp3) is 0.333. The zero-order valence-electron chi connectivity index (χ0n) is 11.6. The Hall–Kier alpha value is -2.70. The summed E-state index contributed by atoms with van der Waals surface area (Å²) in [6.45, 7) is 0. The normalized spacial score (nSPS) is 21.8. The predicted octanol–water partition coefficient (Wildman–Crippen LogP) is 2.84. The molecule has 22 heavy (non-hydrogen) atoms. The standard InChI is InChI=1S/C15H13N3O4/c19-15(20)13-12-8-1-2-9(7-8)14(12)17(16-13)10-3-5-11(6-4-10)18(21)22/h3-6,8-9H,1-2,7H2,(H,19,20). The summed E-state index contributed by atoms with van der Waals surface area (Å²) in [7, 11) is 0. The van der Waals surface area contributed by atoms with Crippen LogP contribution in [0.25, 0.3) is 5.69 Å². The largest absolute Gasteiger partial charge is 0.476 e. The third-order valence-corrected chi connectivity index (χ3v) is 4.69. The number of fused-ring (bicyclic) bond motifs is 5. The van der Waals surface area contributed by atoms with Crippen molar-refractivity contribution in [1.82, 2.24) is 9.78 Å². The first-order valence-electron chi connectivity index (χ1n) is 7.17. The molecule has 2 atom stereocenters. The van der Waals surface area contributed by atoms with Crippen molar-refractivity contribution in [3.63, 3.8) is 0 Å². The highest BCUT2D eigenvalue weighted by molar-refractivity contribution is 5.88. The van der Waals surface area contributed by atoms with Crippen LogP contribution >= 0.6 is 0 Å². The molecule has 7 heteroatoms. The molecule has 0 amide bonds. The lowest BCUT2D eigenvalue weighted by Crippen LogP contribution is -2.06. The third kappa shape index (κ3) is 1.68. The van der Waals surface area contributed by atoms with Crippen molar-refractivity contribution in [3.05, 3.63) is 51.3 Å². The summed E-state index contributed by atoms with van der Waals surface area (Å²) in [5.41, 5.74) is 2.64. The maximum Gasteiger partial charge on any atom is 0.356 e. The maximum atomic E-state index is 11.5. The monoisotopic (exact) mass is 299 g/mol. The summed E-state index contributed by atoms with van der Waals surface area (Å²) in [4.78, 5) is 21.7. The molecule has 4 rings (SSSR count). The number of aromatic nitrogens is 2. The summed E-state index contributed by atoms with van der Waals surface area (Å²) >= 11 is 0.